The average Bonchev–Trinajstić information content (AvgIpc) is 2.94. The maximum Gasteiger partial charge on any atom is 0.344 e. The first-order valence-corrected chi connectivity index (χ1v) is 9.14. The molecule has 0 radical (unpaired) electrons. The molecule has 2 aromatic carbocycles. The van der Waals surface area contributed by atoms with E-state index < -0.39 is 5.97 Å². The first kappa shape index (κ1) is 19.1. The number of nitrogens with zero attached hydrogens (tertiary/aromatic N) is 1. The molecule has 2 aromatic rings. The van der Waals surface area contributed by atoms with Gasteiger partial charge in [-0.3, -0.25) is 0 Å². The Hall–Kier alpha value is -2.70. The van der Waals surface area contributed by atoms with Crippen molar-refractivity contribution < 1.29 is 19.7 Å². The number of halogens is 1. The molecule has 0 atom stereocenters. The van der Waals surface area contributed by atoms with Gasteiger partial charge in [0.2, 0.25) is 0 Å². The Morgan fingerprint density at radius 1 is 1.19 bits per heavy atom. The van der Waals surface area contributed by atoms with E-state index in [1.165, 1.54) is 18.9 Å². The number of aryl methyl sites for hydroxylation is 1. The third kappa shape index (κ3) is 4.18. The number of carbonyl (C=O) groups is 1. The number of ether oxygens (including phenoxy) is 1. The molecule has 138 valence electrons. The number of hydrogen-bond donors (Lipinski definition) is 2. The van der Waals surface area contributed by atoms with Gasteiger partial charge >= 0.3 is 5.97 Å². The zero-order valence-corrected chi connectivity index (χ0v) is 16.1. The van der Waals surface area contributed by atoms with Gasteiger partial charge in [0.1, 0.15) is 22.1 Å². The zero-order chi connectivity index (χ0) is 19.6. The number of benzene rings is 2. The highest BCUT2D eigenvalue weighted by Gasteiger charge is 2.32. The number of esters is 1. The highest BCUT2D eigenvalue weighted by Crippen LogP contribution is 2.40. The van der Waals surface area contributed by atoms with Crippen LogP contribution in [0.3, 0.4) is 0 Å². The lowest BCUT2D eigenvalue weighted by Gasteiger charge is -2.02. The summed E-state index contributed by atoms with van der Waals surface area (Å²) in [6.07, 6.45) is 1.72. The average molecular weight is 402 g/mol. The van der Waals surface area contributed by atoms with Crippen molar-refractivity contribution in [3.05, 3.63) is 74.9 Å². The van der Waals surface area contributed by atoms with E-state index in [1.807, 2.05) is 0 Å². The molecule has 27 heavy (non-hydrogen) atoms. The summed E-state index contributed by atoms with van der Waals surface area (Å²) in [5.41, 5.74) is 2.09. The minimum absolute atomic E-state index is 0.0131. The normalized spacial score (nSPS) is 17.0. The molecule has 0 saturated heterocycles. The Balaban J connectivity index is 2.04. The number of rotatable bonds is 3. The van der Waals surface area contributed by atoms with E-state index in [2.05, 4.69) is 4.99 Å². The topological polar surface area (TPSA) is 79.1 Å². The van der Waals surface area contributed by atoms with Gasteiger partial charge in [0, 0.05) is 5.02 Å². The number of thioether (sulfide) groups is 1. The third-order valence-electron chi connectivity index (χ3n) is 3.86. The Bertz CT molecular complexity index is 994. The number of carbonyl (C=O) groups excluding carboxylic acids is 1. The van der Waals surface area contributed by atoms with Crippen molar-refractivity contribution in [2.45, 2.75) is 6.92 Å². The molecule has 2 N–H and O–H groups in total. The van der Waals surface area contributed by atoms with E-state index in [0.717, 1.165) is 5.56 Å². The van der Waals surface area contributed by atoms with Crippen molar-refractivity contribution in [2.75, 3.05) is 7.11 Å². The minimum Gasteiger partial charge on any atom is -0.508 e. The number of phenols is 1. The zero-order valence-electron chi connectivity index (χ0n) is 14.6. The molecular weight excluding hydrogens is 386 g/mol. The molecule has 0 aromatic heterocycles. The molecule has 1 aliphatic heterocycles. The first-order chi connectivity index (χ1) is 12.9. The lowest BCUT2D eigenvalue weighted by atomic mass is 10.1. The first-order valence-electron chi connectivity index (χ1n) is 7.94. The van der Waals surface area contributed by atoms with Crippen LogP contribution in [0.2, 0.25) is 5.02 Å². The van der Waals surface area contributed by atoms with Crippen LogP contribution in [0, 0.1) is 6.92 Å². The Kier molecular flexibility index (Phi) is 5.58. The molecule has 0 spiro atoms. The Labute approximate surface area is 165 Å². The summed E-state index contributed by atoms with van der Waals surface area (Å²) in [6.45, 7) is 1.78. The maximum absolute atomic E-state index is 12.2. The fraction of sp³-hybridized carbons (Fsp3) is 0.100. The van der Waals surface area contributed by atoms with E-state index in [1.54, 1.807) is 55.5 Å². The number of aliphatic hydroxyl groups excluding tert-OH is 1. The second kappa shape index (κ2) is 7.90. The molecule has 0 aliphatic carbocycles. The number of methoxy groups -OCH3 is 1. The monoisotopic (exact) mass is 401 g/mol. The number of phenolic OH excluding ortho intramolecular Hbond substituents is 1. The van der Waals surface area contributed by atoms with Crippen LogP contribution in [0.25, 0.3) is 6.08 Å². The fourth-order valence-corrected chi connectivity index (χ4v) is 3.60. The Morgan fingerprint density at radius 3 is 2.52 bits per heavy atom. The van der Waals surface area contributed by atoms with Crippen LogP contribution in [0.15, 0.2) is 63.7 Å². The molecule has 0 amide bonds. The maximum atomic E-state index is 12.2. The molecule has 0 bridgehead atoms. The van der Waals surface area contributed by atoms with Gasteiger partial charge in [-0.1, -0.05) is 29.4 Å². The van der Waals surface area contributed by atoms with Gasteiger partial charge in [-0.15, -0.1) is 0 Å². The Morgan fingerprint density at radius 2 is 1.89 bits per heavy atom. The van der Waals surface area contributed by atoms with E-state index in [9.17, 15) is 15.0 Å². The number of aliphatic imine (C=N–C) groups is 1. The van der Waals surface area contributed by atoms with Crippen molar-refractivity contribution in [1.82, 2.24) is 0 Å². The summed E-state index contributed by atoms with van der Waals surface area (Å²) in [5, 5.41) is 21.1. The SMILES string of the molecule is COC(=O)C1=C(O)C(=Cc2ccc(O)c(C)c2)SC1=Nc1ccc(Cl)cc1. The van der Waals surface area contributed by atoms with Gasteiger partial charge in [0.25, 0.3) is 0 Å². The smallest absolute Gasteiger partial charge is 0.344 e. The standard InChI is InChI=1S/C20H16ClNO4S/c1-11-9-12(3-8-15(11)23)10-16-18(24)17(20(25)26-2)19(27-16)22-14-6-4-13(21)5-7-14/h3-10,23-24H,1-2H3. The van der Waals surface area contributed by atoms with Crippen LogP contribution in [0.1, 0.15) is 11.1 Å². The third-order valence-corrected chi connectivity index (χ3v) is 5.13. The summed E-state index contributed by atoms with van der Waals surface area (Å²) in [5.74, 6) is -0.667. The summed E-state index contributed by atoms with van der Waals surface area (Å²) in [7, 11) is 1.25. The lowest BCUT2D eigenvalue weighted by Crippen LogP contribution is -2.10. The molecule has 7 heteroatoms. The largest absolute Gasteiger partial charge is 0.508 e. The van der Waals surface area contributed by atoms with Crippen molar-refractivity contribution in [2.24, 2.45) is 4.99 Å². The van der Waals surface area contributed by atoms with E-state index in [4.69, 9.17) is 16.3 Å². The summed E-state index contributed by atoms with van der Waals surface area (Å²) >= 11 is 7.05. The van der Waals surface area contributed by atoms with Gasteiger partial charge in [-0.2, -0.15) is 0 Å². The molecule has 3 rings (SSSR count). The predicted octanol–water partition coefficient (Wildman–Crippen LogP) is 5.16. The second-order valence-electron chi connectivity index (χ2n) is 5.77. The molecule has 0 unspecified atom stereocenters. The van der Waals surface area contributed by atoms with Crippen LogP contribution >= 0.6 is 23.4 Å². The van der Waals surface area contributed by atoms with Gasteiger partial charge in [0.05, 0.1) is 17.7 Å². The summed E-state index contributed by atoms with van der Waals surface area (Å²) in [4.78, 5) is 17.1. The van der Waals surface area contributed by atoms with Gasteiger partial charge in [-0.25, -0.2) is 9.79 Å². The van der Waals surface area contributed by atoms with Crippen LogP contribution in [-0.4, -0.2) is 28.3 Å². The molecule has 0 fully saturated rings. The van der Waals surface area contributed by atoms with E-state index in [0.29, 0.717) is 26.2 Å². The second-order valence-corrected chi connectivity index (χ2v) is 7.23. The molecular formula is C20H16ClNO4S. The van der Waals surface area contributed by atoms with Crippen LogP contribution in [0.5, 0.6) is 5.75 Å². The quantitative estimate of drug-likeness (QED) is 0.694. The minimum atomic E-state index is -0.669. The molecule has 1 aliphatic rings. The summed E-state index contributed by atoms with van der Waals surface area (Å²) in [6, 6.07) is 11.9. The van der Waals surface area contributed by atoms with Gasteiger partial charge in [-0.05, 0) is 60.5 Å². The number of aliphatic hydroxyl groups is 1. The molecule has 5 nitrogen and oxygen atoms in total. The number of hydrogen-bond acceptors (Lipinski definition) is 6. The predicted molar refractivity (Wildman–Crippen MR) is 109 cm³/mol. The fourth-order valence-electron chi connectivity index (χ4n) is 2.44. The number of aromatic hydroxyl groups is 1. The van der Waals surface area contributed by atoms with Gasteiger partial charge in [0.15, 0.2) is 0 Å². The lowest BCUT2D eigenvalue weighted by molar-refractivity contribution is -0.135. The van der Waals surface area contributed by atoms with Crippen molar-refractivity contribution in [3.8, 4) is 5.75 Å². The van der Waals surface area contributed by atoms with Crippen LogP contribution in [-0.2, 0) is 9.53 Å². The van der Waals surface area contributed by atoms with Crippen molar-refractivity contribution >= 4 is 46.1 Å². The highest BCUT2D eigenvalue weighted by molar-refractivity contribution is 8.18. The van der Waals surface area contributed by atoms with E-state index in [-0.39, 0.29) is 17.1 Å². The van der Waals surface area contributed by atoms with Crippen LogP contribution < -0.4 is 0 Å². The highest BCUT2D eigenvalue weighted by atomic mass is 35.5. The van der Waals surface area contributed by atoms with Crippen molar-refractivity contribution in [3.63, 3.8) is 0 Å². The summed E-state index contributed by atoms with van der Waals surface area (Å²) < 4.78 is 4.79. The van der Waals surface area contributed by atoms with E-state index >= 15 is 0 Å². The molecule has 0 saturated carbocycles. The molecule has 1 heterocycles. The van der Waals surface area contributed by atoms with Crippen molar-refractivity contribution in [1.29, 1.82) is 0 Å². The van der Waals surface area contributed by atoms with Crippen LogP contribution in [0.4, 0.5) is 5.69 Å². The van der Waals surface area contributed by atoms with Gasteiger partial charge < -0.3 is 14.9 Å².